The second-order valence-electron chi connectivity index (χ2n) is 2.83. The van der Waals surface area contributed by atoms with Crippen LogP contribution in [-0.4, -0.2) is 18.1 Å². The summed E-state index contributed by atoms with van der Waals surface area (Å²) < 4.78 is 5.21. The van der Waals surface area contributed by atoms with Gasteiger partial charge >= 0.3 is 5.69 Å². The van der Waals surface area contributed by atoms with Crippen LogP contribution < -0.4 is 10.5 Å². The number of rotatable bonds is 5. The molecule has 1 aromatic rings. The molecule has 0 saturated carbocycles. The first-order chi connectivity index (χ1) is 7.16. The fourth-order valence-electron chi connectivity index (χ4n) is 1.05. The van der Waals surface area contributed by atoms with Crippen molar-refractivity contribution in [3.63, 3.8) is 0 Å². The number of ether oxygens (including phenoxy) is 1. The van der Waals surface area contributed by atoms with Crippen molar-refractivity contribution in [2.24, 2.45) is 5.73 Å². The fourth-order valence-corrected chi connectivity index (χ4v) is 1.29. The largest absolute Gasteiger partial charge is 0.487 e. The van der Waals surface area contributed by atoms with Gasteiger partial charge in [0.05, 0.1) is 11.5 Å². The van der Waals surface area contributed by atoms with Gasteiger partial charge in [-0.3, -0.25) is 10.1 Å². The Bertz CT molecular complexity index is 357. The average molecular weight is 231 g/mol. The molecule has 0 atom stereocenters. The third-order valence-electron chi connectivity index (χ3n) is 1.74. The molecule has 6 heteroatoms. The highest BCUT2D eigenvalue weighted by Gasteiger charge is 2.19. The molecule has 1 aromatic carbocycles. The number of benzene rings is 1. The van der Waals surface area contributed by atoms with Crippen LogP contribution in [0.3, 0.4) is 0 Å². The highest BCUT2D eigenvalue weighted by molar-refractivity contribution is 6.32. The Hall–Kier alpha value is -1.33. The van der Waals surface area contributed by atoms with E-state index in [1.807, 2.05) is 0 Å². The summed E-state index contributed by atoms with van der Waals surface area (Å²) in [6.45, 7) is 0.825. The van der Waals surface area contributed by atoms with Crippen molar-refractivity contribution in [2.45, 2.75) is 6.42 Å². The Morgan fingerprint density at radius 2 is 2.27 bits per heavy atom. The predicted octanol–water partition coefficient (Wildman–Crippen LogP) is 1.98. The molecule has 0 heterocycles. The number of nitrogens with two attached hydrogens (primary N) is 1. The van der Waals surface area contributed by atoms with Crippen LogP contribution in [0.25, 0.3) is 0 Å². The number of halogens is 1. The van der Waals surface area contributed by atoms with Gasteiger partial charge in [0, 0.05) is 0 Å². The van der Waals surface area contributed by atoms with E-state index in [1.54, 1.807) is 6.07 Å². The van der Waals surface area contributed by atoms with Gasteiger partial charge in [-0.05, 0) is 25.1 Å². The van der Waals surface area contributed by atoms with Crippen molar-refractivity contribution in [1.29, 1.82) is 0 Å². The topological polar surface area (TPSA) is 78.4 Å². The minimum Gasteiger partial charge on any atom is -0.487 e. The summed E-state index contributed by atoms with van der Waals surface area (Å²) in [5.41, 5.74) is 5.08. The monoisotopic (exact) mass is 230 g/mol. The molecular weight excluding hydrogens is 220 g/mol. The fraction of sp³-hybridized carbons (Fsp3) is 0.333. The molecule has 1 rings (SSSR count). The molecule has 15 heavy (non-hydrogen) atoms. The van der Waals surface area contributed by atoms with E-state index in [9.17, 15) is 10.1 Å². The molecule has 0 saturated heterocycles. The van der Waals surface area contributed by atoms with E-state index in [0.717, 1.165) is 0 Å². The zero-order valence-corrected chi connectivity index (χ0v) is 8.74. The Balaban J connectivity index is 2.86. The maximum Gasteiger partial charge on any atom is 0.329 e. The maximum absolute atomic E-state index is 10.7. The molecule has 0 fully saturated rings. The van der Waals surface area contributed by atoms with Gasteiger partial charge in [-0.1, -0.05) is 17.7 Å². The lowest BCUT2D eigenvalue weighted by Gasteiger charge is -2.06. The molecule has 0 aliphatic rings. The SMILES string of the molecule is NCCCOc1cccc(Cl)c1[N+](=O)[O-]. The summed E-state index contributed by atoms with van der Waals surface area (Å²) in [5.74, 6) is 0.181. The van der Waals surface area contributed by atoms with Crippen molar-refractivity contribution in [3.05, 3.63) is 33.3 Å². The van der Waals surface area contributed by atoms with E-state index >= 15 is 0 Å². The van der Waals surface area contributed by atoms with Gasteiger partial charge in [-0.15, -0.1) is 0 Å². The highest BCUT2D eigenvalue weighted by Crippen LogP contribution is 2.34. The molecule has 0 amide bonds. The van der Waals surface area contributed by atoms with E-state index in [0.29, 0.717) is 19.6 Å². The summed E-state index contributed by atoms with van der Waals surface area (Å²) in [7, 11) is 0. The van der Waals surface area contributed by atoms with Gasteiger partial charge in [0.15, 0.2) is 5.75 Å². The third kappa shape index (κ3) is 3.07. The second kappa shape index (κ2) is 5.53. The first-order valence-electron chi connectivity index (χ1n) is 4.42. The number of nitro groups is 1. The summed E-state index contributed by atoms with van der Waals surface area (Å²) >= 11 is 5.69. The molecule has 0 aromatic heterocycles. The number of nitrogens with zero attached hydrogens (tertiary/aromatic N) is 1. The first kappa shape index (κ1) is 11.7. The molecule has 0 bridgehead atoms. The number of hydrogen-bond acceptors (Lipinski definition) is 4. The predicted molar refractivity (Wildman–Crippen MR) is 57.3 cm³/mol. The number of para-hydroxylation sites is 1. The van der Waals surface area contributed by atoms with Crippen LogP contribution in [0.15, 0.2) is 18.2 Å². The second-order valence-corrected chi connectivity index (χ2v) is 3.24. The van der Waals surface area contributed by atoms with E-state index in [-0.39, 0.29) is 16.5 Å². The van der Waals surface area contributed by atoms with Crippen molar-refractivity contribution >= 4 is 17.3 Å². The Morgan fingerprint density at radius 1 is 1.53 bits per heavy atom. The smallest absolute Gasteiger partial charge is 0.329 e. The zero-order valence-electron chi connectivity index (χ0n) is 7.98. The molecule has 0 aliphatic carbocycles. The van der Waals surface area contributed by atoms with Crippen LogP contribution in [0, 0.1) is 10.1 Å². The zero-order chi connectivity index (χ0) is 11.3. The normalized spacial score (nSPS) is 10.0. The molecule has 5 nitrogen and oxygen atoms in total. The van der Waals surface area contributed by atoms with Crippen LogP contribution in [0.4, 0.5) is 5.69 Å². The first-order valence-corrected chi connectivity index (χ1v) is 4.80. The van der Waals surface area contributed by atoms with E-state index < -0.39 is 4.92 Å². The molecule has 0 spiro atoms. The van der Waals surface area contributed by atoms with Crippen LogP contribution in [0.2, 0.25) is 5.02 Å². The molecule has 82 valence electrons. The summed E-state index contributed by atoms with van der Waals surface area (Å²) in [6.07, 6.45) is 0.643. The summed E-state index contributed by atoms with van der Waals surface area (Å²) in [5, 5.41) is 10.8. The Morgan fingerprint density at radius 3 is 2.87 bits per heavy atom. The molecule has 0 unspecified atom stereocenters. The van der Waals surface area contributed by atoms with Gasteiger partial charge in [0.2, 0.25) is 0 Å². The van der Waals surface area contributed by atoms with Crippen LogP contribution in [0.5, 0.6) is 5.75 Å². The van der Waals surface area contributed by atoms with Crippen molar-refractivity contribution in [1.82, 2.24) is 0 Å². The van der Waals surface area contributed by atoms with E-state index in [1.165, 1.54) is 12.1 Å². The maximum atomic E-state index is 10.7. The standard InChI is InChI=1S/C9H11ClN2O3/c10-7-3-1-4-8(9(7)12(13)14)15-6-2-5-11/h1,3-4H,2,5-6,11H2. The van der Waals surface area contributed by atoms with Crippen LogP contribution >= 0.6 is 11.6 Å². The lowest BCUT2D eigenvalue weighted by Crippen LogP contribution is -2.07. The number of hydrogen-bond donors (Lipinski definition) is 1. The Kier molecular flexibility index (Phi) is 4.33. The quantitative estimate of drug-likeness (QED) is 0.477. The van der Waals surface area contributed by atoms with E-state index in [2.05, 4.69) is 0 Å². The molecule has 0 radical (unpaired) electrons. The van der Waals surface area contributed by atoms with Gasteiger partial charge < -0.3 is 10.5 Å². The summed E-state index contributed by atoms with van der Waals surface area (Å²) in [6, 6.07) is 4.57. The van der Waals surface area contributed by atoms with Crippen molar-refractivity contribution < 1.29 is 9.66 Å². The van der Waals surface area contributed by atoms with Crippen molar-refractivity contribution in [2.75, 3.05) is 13.2 Å². The van der Waals surface area contributed by atoms with E-state index in [4.69, 9.17) is 22.1 Å². The lowest BCUT2D eigenvalue weighted by atomic mass is 10.3. The minimum absolute atomic E-state index is 0.0743. The minimum atomic E-state index is -0.555. The van der Waals surface area contributed by atoms with Crippen LogP contribution in [0.1, 0.15) is 6.42 Å². The average Bonchev–Trinajstić information content (AvgIpc) is 2.17. The molecule has 2 N–H and O–H groups in total. The lowest BCUT2D eigenvalue weighted by molar-refractivity contribution is -0.385. The van der Waals surface area contributed by atoms with Crippen molar-refractivity contribution in [3.8, 4) is 5.75 Å². The Labute approximate surface area is 91.9 Å². The van der Waals surface area contributed by atoms with Gasteiger partial charge in [0.1, 0.15) is 5.02 Å². The highest BCUT2D eigenvalue weighted by atomic mass is 35.5. The van der Waals surface area contributed by atoms with Gasteiger partial charge in [-0.2, -0.15) is 0 Å². The van der Waals surface area contributed by atoms with Crippen LogP contribution in [-0.2, 0) is 0 Å². The molecular formula is C9H11ClN2O3. The third-order valence-corrected chi connectivity index (χ3v) is 2.04. The number of nitro benzene ring substituents is 1. The van der Waals surface area contributed by atoms with Gasteiger partial charge in [0.25, 0.3) is 0 Å². The molecule has 0 aliphatic heterocycles. The van der Waals surface area contributed by atoms with Gasteiger partial charge in [-0.25, -0.2) is 0 Å². The summed E-state index contributed by atoms with van der Waals surface area (Å²) in [4.78, 5) is 10.1.